The van der Waals surface area contributed by atoms with Crippen LogP contribution in [0, 0.1) is 13.8 Å². The van der Waals surface area contributed by atoms with Crippen LogP contribution in [-0.4, -0.2) is 50.6 Å². The van der Waals surface area contributed by atoms with Crippen LogP contribution in [0.4, 0.5) is 4.79 Å². The van der Waals surface area contributed by atoms with Crippen molar-refractivity contribution in [2.75, 3.05) is 6.54 Å². The third-order valence-electron chi connectivity index (χ3n) is 4.09. The van der Waals surface area contributed by atoms with Gasteiger partial charge in [-0.3, -0.25) is 19.3 Å². The third kappa shape index (κ3) is 2.77. The van der Waals surface area contributed by atoms with Gasteiger partial charge in [0.2, 0.25) is 0 Å². The highest BCUT2D eigenvalue weighted by atomic mass is 16.2. The average molecular weight is 331 g/mol. The predicted octanol–water partition coefficient (Wildman–Crippen LogP) is 1.67. The zero-order chi connectivity index (χ0) is 18.2. The van der Waals surface area contributed by atoms with Crippen LogP contribution in [0.25, 0.3) is 0 Å². The van der Waals surface area contributed by atoms with Gasteiger partial charge in [-0.05, 0) is 33.8 Å². The van der Waals surface area contributed by atoms with Crippen molar-refractivity contribution < 1.29 is 19.2 Å². The molecule has 1 fully saturated rings. The minimum atomic E-state index is -0.957. The number of allylic oxidation sites excluding steroid dienone is 1. The number of aromatic nitrogens is 1. The number of hydrogen-bond acceptors (Lipinski definition) is 4. The zero-order valence-corrected chi connectivity index (χ0v) is 14.3. The van der Waals surface area contributed by atoms with Crippen molar-refractivity contribution in [3.8, 4) is 0 Å². The number of amides is 4. The number of carbonyl (C=O) groups is 4. The van der Waals surface area contributed by atoms with Crippen molar-refractivity contribution in [2.45, 2.75) is 40.3 Å². The van der Waals surface area contributed by atoms with Crippen LogP contribution in [0.5, 0.6) is 0 Å². The molecule has 0 bridgehead atoms. The molecular weight excluding hydrogens is 310 g/mol. The lowest BCUT2D eigenvalue weighted by atomic mass is 10.1. The van der Waals surface area contributed by atoms with Gasteiger partial charge >= 0.3 is 17.8 Å². The molecule has 24 heavy (non-hydrogen) atoms. The zero-order valence-electron chi connectivity index (χ0n) is 14.3. The van der Waals surface area contributed by atoms with Crippen molar-refractivity contribution in [3.05, 3.63) is 35.7 Å². The second-order valence-corrected chi connectivity index (χ2v) is 6.05. The van der Waals surface area contributed by atoms with E-state index in [0.717, 1.165) is 16.3 Å². The van der Waals surface area contributed by atoms with Crippen molar-refractivity contribution in [1.82, 2.24) is 14.4 Å². The van der Waals surface area contributed by atoms with Crippen molar-refractivity contribution in [2.24, 2.45) is 0 Å². The van der Waals surface area contributed by atoms with Crippen LogP contribution < -0.4 is 0 Å². The van der Waals surface area contributed by atoms with Gasteiger partial charge < -0.3 is 4.57 Å². The molecule has 0 aromatic carbocycles. The number of hydrogen-bond donors (Lipinski definition) is 0. The molecule has 1 aliphatic heterocycles. The number of urea groups is 1. The molecule has 0 saturated carbocycles. The van der Waals surface area contributed by atoms with Gasteiger partial charge in [-0.2, -0.15) is 0 Å². The third-order valence-corrected chi connectivity index (χ3v) is 4.09. The second kappa shape index (κ2) is 6.43. The van der Waals surface area contributed by atoms with Crippen LogP contribution in [-0.2, 0) is 16.1 Å². The second-order valence-electron chi connectivity index (χ2n) is 6.05. The van der Waals surface area contributed by atoms with Gasteiger partial charge in [-0.15, -0.1) is 6.58 Å². The summed E-state index contributed by atoms with van der Waals surface area (Å²) in [5.74, 6) is -2.22. The largest absolute Gasteiger partial charge is 0.345 e. The van der Waals surface area contributed by atoms with E-state index in [2.05, 4.69) is 6.58 Å². The Balaban J connectivity index is 2.26. The molecule has 1 aliphatic rings. The summed E-state index contributed by atoms with van der Waals surface area (Å²) in [7, 11) is 0. The lowest BCUT2D eigenvalue weighted by Gasteiger charge is -2.18. The number of Topliss-reactive ketones (excluding diaryl/α,β-unsaturated/α-hetero) is 1. The first kappa shape index (κ1) is 17.7. The summed E-state index contributed by atoms with van der Waals surface area (Å²) in [6, 6.07) is 0.536. The molecule has 7 heteroatoms. The van der Waals surface area contributed by atoms with Gasteiger partial charge in [0.25, 0.3) is 0 Å². The summed E-state index contributed by atoms with van der Waals surface area (Å²) in [6.45, 7) is 10.7. The number of rotatable bonds is 6. The Morgan fingerprint density at radius 3 is 2.33 bits per heavy atom. The molecule has 0 spiro atoms. The minimum Gasteiger partial charge on any atom is -0.345 e. The number of nitrogens with zero attached hydrogens (tertiary/aromatic N) is 3. The SMILES string of the molecule is C=CCn1c(C)cc(C(=O)CN2C(=O)C(=O)N(C(C)C)C2=O)c1C. The molecule has 1 saturated heterocycles. The monoisotopic (exact) mass is 331 g/mol. The molecule has 128 valence electrons. The molecule has 2 rings (SSSR count). The maximum Gasteiger partial charge on any atom is 0.334 e. The Morgan fingerprint density at radius 2 is 1.83 bits per heavy atom. The van der Waals surface area contributed by atoms with E-state index in [4.69, 9.17) is 0 Å². The molecule has 1 aromatic rings. The highest BCUT2D eigenvalue weighted by molar-refractivity contribution is 6.45. The van der Waals surface area contributed by atoms with Gasteiger partial charge in [0.15, 0.2) is 5.78 Å². The summed E-state index contributed by atoms with van der Waals surface area (Å²) >= 11 is 0. The molecule has 7 nitrogen and oxygen atoms in total. The van der Waals surface area contributed by atoms with Gasteiger partial charge in [0.1, 0.15) is 0 Å². The smallest absolute Gasteiger partial charge is 0.334 e. The number of carbonyl (C=O) groups excluding carboxylic acids is 4. The van der Waals surface area contributed by atoms with E-state index in [9.17, 15) is 19.2 Å². The van der Waals surface area contributed by atoms with Crippen LogP contribution >= 0.6 is 0 Å². The van der Waals surface area contributed by atoms with Gasteiger partial charge in [-0.1, -0.05) is 6.08 Å². The maximum absolute atomic E-state index is 12.6. The van der Waals surface area contributed by atoms with Crippen LogP contribution in [0.15, 0.2) is 18.7 Å². The predicted molar refractivity (Wildman–Crippen MR) is 87.5 cm³/mol. The first-order chi connectivity index (χ1) is 11.2. The molecule has 0 N–H and O–H groups in total. The Kier molecular flexibility index (Phi) is 4.73. The van der Waals surface area contributed by atoms with Crippen LogP contribution in [0.1, 0.15) is 35.6 Å². The Morgan fingerprint density at radius 1 is 1.21 bits per heavy atom. The number of imide groups is 2. The summed E-state index contributed by atoms with van der Waals surface area (Å²) < 4.78 is 1.92. The summed E-state index contributed by atoms with van der Waals surface area (Å²) in [5, 5.41) is 0. The molecule has 0 aliphatic carbocycles. The van der Waals surface area contributed by atoms with E-state index in [-0.39, 0.29) is 5.78 Å². The lowest BCUT2D eigenvalue weighted by molar-refractivity contribution is -0.143. The highest BCUT2D eigenvalue weighted by Gasteiger charge is 2.46. The Hall–Kier alpha value is -2.70. The van der Waals surface area contributed by atoms with Crippen molar-refractivity contribution in [3.63, 3.8) is 0 Å². The van der Waals surface area contributed by atoms with E-state index in [1.165, 1.54) is 0 Å². The van der Waals surface area contributed by atoms with Gasteiger partial charge in [0, 0.05) is 29.5 Å². The fourth-order valence-corrected chi connectivity index (χ4v) is 2.84. The minimum absolute atomic E-state index is 0.376. The quantitative estimate of drug-likeness (QED) is 0.344. The van der Waals surface area contributed by atoms with E-state index < -0.39 is 30.4 Å². The van der Waals surface area contributed by atoms with E-state index in [1.54, 1.807) is 32.9 Å². The normalized spacial score (nSPS) is 15.0. The van der Waals surface area contributed by atoms with E-state index >= 15 is 0 Å². The van der Waals surface area contributed by atoms with Gasteiger partial charge in [0.05, 0.1) is 6.54 Å². The first-order valence-electron chi connectivity index (χ1n) is 7.70. The van der Waals surface area contributed by atoms with E-state index in [1.807, 2.05) is 11.5 Å². The molecule has 0 unspecified atom stereocenters. The Labute approximate surface area is 140 Å². The van der Waals surface area contributed by atoms with Gasteiger partial charge in [-0.25, -0.2) is 9.69 Å². The summed E-state index contributed by atoms with van der Waals surface area (Å²) in [6.07, 6.45) is 1.72. The summed E-state index contributed by atoms with van der Waals surface area (Å²) in [5.41, 5.74) is 2.06. The molecule has 0 radical (unpaired) electrons. The standard InChI is InChI=1S/C17H21N3O4/c1-6-7-18-11(4)8-13(12(18)5)14(21)9-19-15(22)16(23)20(10(2)3)17(19)24/h6,8,10H,1,7,9H2,2-5H3. The molecular formula is C17H21N3O4. The number of ketones is 1. The summed E-state index contributed by atoms with van der Waals surface area (Å²) in [4.78, 5) is 50.3. The van der Waals surface area contributed by atoms with Crippen molar-refractivity contribution in [1.29, 1.82) is 0 Å². The van der Waals surface area contributed by atoms with Crippen molar-refractivity contribution >= 4 is 23.6 Å². The van der Waals surface area contributed by atoms with Crippen LogP contribution in [0.2, 0.25) is 0 Å². The highest BCUT2D eigenvalue weighted by Crippen LogP contribution is 2.19. The average Bonchev–Trinajstić information content (AvgIpc) is 2.90. The molecule has 2 heterocycles. The topological polar surface area (TPSA) is 79.7 Å². The molecule has 0 atom stereocenters. The first-order valence-corrected chi connectivity index (χ1v) is 7.70. The fourth-order valence-electron chi connectivity index (χ4n) is 2.84. The molecule has 4 amide bonds. The van der Waals surface area contributed by atoms with E-state index in [0.29, 0.717) is 17.0 Å². The number of aryl methyl sites for hydroxylation is 1. The lowest BCUT2D eigenvalue weighted by Crippen LogP contribution is -2.39. The Bertz CT molecular complexity index is 745. The van der Waals surface area contributed by atoms with Crippen LogP contribution in [0.3, 0.4) is 0 Å². The molecule has 1 aromatic heterocycles. The maximum atomic E-state index is 12.6. The fraction of sp³-hybridized carbons (Fsp3) is 0.412.